The normalized spacial score (nSPS) is 9.96. The fourth-order valence-electron chi connectivity index (χ4n) is 2.42. The molecule has 24 heavy (non-hydrogen) atoms. The van der Waals surface area contributed by atoms with Crippen molar-refractivity contribution in [2.45, 2.75) is 0 Å². The van der Waals surface area contributed by atoms with Crippen LogP contribution >= 0.6 is 0 Å². The fourth-order valence-corrected chi connectivity index (χ4v) is 2.42. The van der Waals surface area contributed by atoms with Crippen molar-refractivity contribution >= 4 is 18.2 Å². The number of carbonyl (C=O) groups is 3. The Kier molecular flexibility index (Phi) is 5.31. The lowest BCUT2D eigenvalue weighted by Gasteiger charge is -2.15. The molecule has 0 bridgehead atoms. The highest BCUT2D eigenvalue weighted by Crippen LogP contribution is 2.35. The van der Waals surface area contributed by atoms with Crippen molar-refractivity contribution in [3.63, 3.8) is 0 Å². The number of esters is 2. The molecule has 2 rings (SSSR count). The van der Waals surface area contributed by atoms with Gasteiger partial charge in [-0.1, -0.05) is 18.2 Å². The minimum atomic E-state index is -0.676. The number of benzene rings is 2. The van der Waals surface area contributed by atoms with Gasteiger partial charge in [0.05, 0.1) is 32.5 Å². The largest absolute Gasteiger partial charge is 0.496 e. The first-order valence-corrected chi connectivity index (χ1v) is 7.00. The Morgan fingerprint density at radius 3 is 2.21 bits per heavy atom. The molecule has 0 aliphatic heterocycles. The Balaban J connectivity index is 2.84. The number of ether oxygens (including phenoxy) is 3. The Morgan fingerprint density at radius 2 is 1.62 bits per heavy atom. The fraction of sp³-hybridized carbons (Fsp3) is 0.167. The van der Waals surface area contributed by atoms with Crippen LogP contribution in [-0.2, 0) is 9.47 Å². The maximum atomic E-state index is 12.2. The molecule has 0 spiro atoms. The lowest BCUT2D eigenvalue weighted by Crippen LogP contribution is -2.11. The molecule has 0 amide bonds. The van der Waals surface area contributed by atoms with E-state index in [1.54, 1.807) is 24.3 Å². The highest BCUT2D eigenvalue weighted by atomic mass is 16.5. The third-order valence-corrected chi connectivity index (χ3v) is 3.50. The van der Waals surface area contributed by atoms with Gasteiger partial charge in [0.15, 0.2) is 6.29 Å². The van der Waals surface area contributed by atoms with Gasteiger partial charge in [0.25, 0.3) is 0 Å². The van der Waals surface area contributed by atoms with E-state index in [-0.39, 0.29) is 16.7 Å². The monoisotopic (exact) mass is 328 g/mol. The molecule has 2 aromatic rings. The quantitative estimate of drug-likeness (QED) is 0.620. The van der Waals surface area contributed by atoms with Gasteiger partial charge in [0.2, 0.25) is 0 Å². The average Bonchev–Trinajstić information content (AvgIpc) is 2.65. The molecule has 0 aliphatic rings. The molecule has 0 saturated heterocycles. The minimum absolute atomic E-state index is 0.0759. The molecule has 0 heterocycles. The molecule has 6 nitrogen and oxygen atoms in total. The highest BCUT2D eigenvalue weighted by Gasteiger charge is 2.23. The van der Waals surface area contributed by atoms with Crippen molar-refractivity contribution in [3.05, 3.63) is 53.1 Å². The summed E-state index contributed by atoms with van der Waals surface area (Å²) in [5.74, 6) is -0.851. The molecule has 0 aliphatic carbocycles. The van der Waals surface area contributed by atoms with Crippen LogP contribution in [0.4, 0.5) is 0 Å². The predicted octanol–water partition coefficient (Wildman–Crippen LogP) is 2.75. The molecule has 0 saturated carbocycles. The van der Waals surface area contributed by atoms with Gasteiger partial charge in [-0.15, -0.1) is 0 Å². The number of hydrogen-bond donors (Lipinski definition) is 0. The molecular weight excluding hydrogens is 312 g/mol. The van der Waals surface area contributed by atoms with Crippen LogP contribution in [0.5, 0.6) is 5.75 Å². The van der Waals surface area contributed by atoms with Crippen LogP contribution in [0.25, 0.3) is 11.1 Å². The average molecular weight is 328 g/mol. The third-order valence-electron chi connectivity index (χ3n) is 3.50. The summed E-state index contributed by atoms with van der Waals surface area (Å²) < 4.78 is 14.8. The first-order valence-electron chi connectivity index (χ1n) is 7.00. The minimum Gasteiger partial charge on any atom is -0.496 e. The van der Waals surface area contributed by atoms with Crippen molar-refractivity contribution < 1.29 is 28.6 Å². The second-order valence-electron chi connectivity index (χ2n) is 4.79. The number of aldehydes is 1. The van der Waals surface area contributed by atoms with Crippen LogP contribution in [-0.4, -0.2) is 39.6 Å². The molecule has 0 atom stereocenters. The van der Waals surface area contributed by atoms with E-state index in [2.05, 4.69) is 4.74 Å². The molecule has 0 radical (unpaired) electrons. The first kappa shape index (κ1) is 17.2. The van der Waals surface area contributed by atoms with E-state index in [0.29, 0.717) is 23.2 Å². The Labute approximate surface area is 139 Å². The van der Waals surface area contributed by atoms with Crippen molar-refractivity contribution in [2.75, 3.05) is 21.3 Å². The van der Waals surface area contributed by atoms with Crippen LogP contribution in [0.15, 0.2) is 36.4 Å². The lowest BCUT2D eigenvalue weighted by atomic mass is 9.92. The maximum Gasteiger partial charge on any atom is 0.338 e. The van der Waals surface area contributed by atoms with Crippen LogP contribution in [0.2, 0.25) is 0 Å². The number of hydrogen-bond acceptors (Lipinski definition) is 6. The van der Waals surface area contributed by atoms with E-state index >= 15 is 0 Å². The molecule has 0 unspecified atom stereocenters. The Morgan fingerprint density at radius 1 is 0.958 bits per heavy atom. The number of methoxy groups -OCH3 is 3. The van der Waals surface area contributed by atoms with Crippen LogP contribution in [0.3, 0.4) is 0 Å². The SMILES string of the molecule is COC(=O)c1cc(C=O)c(-c2ccccc2OC)c(C(=O)OC)c1. The summed E-state index contributed by atoms with van der Waals surface area (Å²) in [6.45, 7) is 0. The van der Waals surface area contributed by atoms with E-state index in [9.17, 15) is 14.4 Å². The van der Waals surface area contributed by atoms with Crippen molar-refractivity contribution in [1.82, 2.24) is 0 Å². The van der Waals surface area contributed by atoms with Crippen LogP contribution in [0, 0.1) is 0 Å². The predicted molar refractivity (Wildman–Crippen MR) is 86.5 cm³/mol. The van der Waals surface area contributed by atoms with Crippen molar-refractivity contribution in [2.24, 2.45) is 0 Å². The van der Waals surface area contributed by atoms with Gasteiger partial charge in [-0.05, 0) is 18.2 Å². The van der Waals surface area contributed by atoms with Gasteiger partial charge in [-0.25, -0.2) is 9.59 Å². The van der Waals surface area contributed by atoms with Gasteiger partial charge in [-0.3, -0.25) is 4.79 Å². The summed E-state index contributed by atoms with van der Waals surface area (Å²) >= 11 is 0. The third kappa shape index (κ3) is 3.12. The zero-order valence-electron chi connectivity index (χ0n) is 13.5. The molecule has 0 aromatic heterocycles. The lowest BCUT2D eigenvalue weighted by molar-refractivity contribution is 0.0600. The van der Waals surface area contributed by atoms with Gasteiger partial charge >= 0.3 is 11.9 Å². The standard InChI is InChI=1S/C18H16O6/c1-22-15-7-5-4-6-13(15)16-12(10-19)8-11(17(20)23-2)9-14(16)18(21)24-3/h4-10H,1-3H3. The first-order chi connectivity index (χ1) is 11.6. The summed E-state index contributed by atoms with van der Waals surface area (Å²) in [6.07, 6.45) is 0.570. The van der Waals surface area contributed by atoms with E-state index < -0.39 is 11.9 Å². The van der Waals surface area contributed by atoms with Crippen LogP contribution < -0.4 is 4.74 Å². The summed E-state index contributed by atoms with van der Waals surface area (Å²) in [5.41, 5.74) is 1.19. The molecule has 0 N–H and O–H groups in total. The molecule has 124 valence electrons. The van der Waals surface area contributed by atoms with Crippen LogP contribution in [0.1, 0.15) is 31.1 Å². The number of rotatable bonds is 5. The zero-order chi connectivity index (χ0) is 17.7. The van der Waals surface area contributed by atoms with E-state index in [1.807, 2.05) is 0 Å². The van der Waals surface area contributed by atoms with Gasteiger partial charge < -0.3 is 14.2 Å². The molecule has 2 aromatic carbocycles. The highest BCUT2D eigenvalue weighted by molar-refractivity contribution is 6.06. The smallest absolute Gasteiger partial charge is 0.338 e. The number of para-hydroxylation sites is 1. The summed E-state index contributed by atoms with van der Waals surface area (Å²) in [6, 6.07) is 9.65. The summed E-state index contributed by atoms with van der Waals surface area (Å²) in [4.78, 5) is 35.6. The Bertz CT molecular complexity index is 794. The van der Waals surface area contributed by atoms with Gasteiger partial charge in [0, 0.05) is 16.7 Å². The van der Waals surface area contributed by atoms with E-state index in [0.717, 1.165) is 0 Å². The van der Waals surface area contributed by atoms with Crippen molar-refractivity contribution in [1.29, 1.82) is 0 Å². The Hall–Kier alpha value is -3.15. The summed E-state index contributed by atoms with van der Waals surface area (Å²) in [5, 5.41) is 0. The zero-order valence-corrected chi connectivity index (χ0v) is 13.5. The summed E-state index contributed by atoms with van der Waals surface area (Å²) in [7, 11) is 3.93. The second kappa shape index (κ2) is 7.41. The topological polar surface area (TPSA) is 78.9 Å². The van der Waals surface area contributed by atoms with E-state index in [1.165, 1.54) is 33.5 Å². The van der Waals surface area contributed by atoms with Gasteiger partial charge in [-0.2, -0.15) is 0 Å². The molecule has 6 heteroatoms. The number of carbonyl (C=O) groups excluding carboxylic acids is 3. The second-order valence-corrected chi connectivity index (χ2v) is 4.79. The maximum absolute atomic E-state index is 12.2. The van der Waals surface area contributed by atoms with Gasteiger partial charge in [0.1, 0.15) is 5.75 Å². The molecule has 0 fully saturated rings. The van der Waals surface area contributed by atoms with E-state index in [4.69, 9.17) is 9.47 Å². The molecular formula is C18H16O6. The van der Waals surface area contributed by atoms with Crippen molar-refractivity contribution in [3.8, 4) is 16.9 Å².